The molecule has 0 spiro atoms. The highest BCUT2D eigenvalue weighted by Gasteiger charge is 2.07. The lowest BCUT2D eigenvalue weighted by molar-refractivity contribution is -0.117. The van der Waals surface area contributed by atoms with Crippen molar-refractivity contribution in [2.24, 2.45) is 0 Å². The molecule has 2 rings (SSSR count). The van der Waals surface area contributed by atoms with E-state index in [1.807, 2.05) is 54.8 Å². The second-order valence-corrected chi connectivity index (χ2v) is 6.03. The summed E-state index contributed by atoms with van der Waals surface area (Å²) >= 11 is 5.04. The molecule has 1 atom stereocenters. The highest BCUT2D eigenvalue weighted by atomic mass is 79.9. The zero-order chi connectivity index (χ0) is 13.7. The second kappa shape index (κ2) is 6.68. The Kier molecular flexibility index (Phi) is 4.93. The van der Waals surface area contributed by atoms with Crippen molar-refractivity contribution in [3.8, 4) is 0 Å². The molecule has 1 unspecified atom stereocenters. The summed E-state index contributed by atoms with van der Waals surface area (Å²) < 4.78 is 1.01. The average Bonchev–Trinajstić information content (AvgIpc) is 2.89. The largest absolute Gasteiger partial charge is 0.346 e. The molecule has 4 heteroatoms. The molecule has 0 aliphatic heterocycles. The van der Waals surface area contributed by atoms with Gasteiger partial charge in [-0.2, -0.15) is 0 Å². The molecule has 0 radical (unpaired) electrons. The lowest BCUT2D eigenvalue weighted by atomic mass is 10.1. The Hall–Kier alpha value is -1.39. The summed E-state index contributed by atoms with van der Waals surface area (Å²) in [5.74, 6) is -0.0825. The number of rotatable bonds is 4. The summed E-state index contributed by atoms with van der Waals surface area (Å²) in [6, 6.07) is 11.9. The molecule has 0 saturated heterocycles. The van der Waals surface area contributed by atoms with Crippen molar-refractivity contribution in [1.82, 2.24) is 5.32 Å². The van der Waals surface area contributed by atoms with Crippen LogP contribution in [0.3, 0.4) is 0 Å². The van der Waals surface area contributed by atoms with Crippen molar-refractivity contribution in [1.29, 1.82) is 0 Å². The maximum Gasteiger partial charge on any atom is 0.244 e. The van der Waals surface area contributed by atoms with E-state index >= 15 is 0 Å². The van der Waals surface area contributed by atoms with Crippen LogP contribution >= 0.6 is 27.3 Å². The third kappa shape index (κ3) is 4.33. The van der Waals surface area contributed by atoms with E-state index in [0.717, 1.165) is 14.9 Å². The topological polar surface area (TPSA) is 29.1 Å². The number of thiophene rings is 1. The Bertz CT molecular complexity index is 578. The molecule has 0 fully saturated rings. The van der Waals surface area contributed by atoms with E-state index in [4.69, 9.17) is 0 Å². The standard InChI is InChI=1S/C15H14BrNOS/c1-11(12-4-2-5-13(16)10-12)17-15(18)8-7-14-6-3-9-19-14/h2-11H,1H3,(H,17,18)/b8-7+. The van der Waals surface area contributed by atoms with Crippen LogP contribution in [0, 0.1) is 0 Å². The fraction of sp³-hybridized carbons (Fsp3) is 0.133. The van der Waals surface area contributed by atoms with Crippen molar-refractivity contribution >= 4 is 39.2 Å². The quantitative estimate of drug-likeness (QED) is 0.824. The molecular formula is C15H14BrNOS. The minimum absolute atomic E-state index is 0.0158. The molecule has 0 saturated carbocycles. The van der Waals surface area contributed by atoms with Gasteiger partial charge in [0.1, 0.15) is 0 Å². The first-order chi connectivity index (χ1) is 9.15. The van der Waals surface area contributed by atoms with E-state index in [9.17, 15) is 4.79 Å². The predicted octanol–water partition coefficient (Wildman–Crippen LogP) is 4.40. The molecule has 1 aromatic heterocycles. The van der Waals surface area contributed by atoms with Gasteiger partial charge in [0.2, 0.25) is 5.91 Å². The van der Waals surface area contributed by atoms with Gasteiger partial charge in [-0.3, -0.25) is 4.79 Å². The number of benzene rings is 1. The Morgan fingerprint density at radius 2 is 2.21 bits per heavy atom. The third-order valence-electron chi connectivity index (χ3n) is 2.65. The van der Waals surface area contributed by atoms with Crippen LogP contribution in [-0.4, -0.2) is 5.91 Å². The van der Waals surface area contributed by atoms with Crippen molar-refractivity contribution in [2.75, 3.05) is 0 Å². The number of carbonyl (C=O) groups excluding carboxylic acids is 1. The minimum Gasteiger partial charge on any atom is -0.346 e. The Labute approximate surface area is 125 Å². The SMILES string of the molecule is CC(NC(=O)/C=C/c1cccs1)c1cccc(Br)c1. The van der Waals surface area contributed by atoms with E-state index in [2.05, 4.69) is 21.2 Å². The highest BCUT2D eigenvalue weighted by Crippen LogP contribution is 2.18. The first-order valence-corrected chi connectivity index (χ1v) is 7.60. The monoisotopic (exact) mass is 335 g/mol. The van der Waals surface area contributed by atoms with Gasteiger partial charge in [-0.15, -0.1) is 11.3 Å². The molecule has 98 valence electrons. The van der Waals surface area contributed by atoms with Crippen LogP contribution in [0.25, 0.3) is 6.08 Å². The average molecular weight is 336 g/mol. The van der Waals surface area contributed by atoms with Gasteiger partial charge in [-0.1, -0.05) is 34.1 Å². The van der Waals surface area contributed by atoms with Crippen LogP contribution in [0.5, 0.6) is 0 Å². The smallest absolute Gasteiger partial charge is 0.244 e. The second-order valence-electron chi connectivity index (χ2n) is 4.13. The summed E-state index contributed by atoms with van der Waals surface area (Å²) in [6.45, 7) is 1.97. The highest BCUT2D eigenvalue weighted by molar-refractivity contribution is 9.10. The van der Waals surface area contributed by atoms with Gasteiger partial charge in [-0.25, -0.2) is 0 Å². The maximum atomic E-state index is 11.8. The van der Waals surface area contributed by atoms with Gasteiger partial charge in [0.05, 0.1) is 6.04 Å². The maximum absolute atomic E-state index is 11.8. The molecule has 1 aromatic carbocycles. The van der Waals surface area contributed by atoms with Gasteiger partial charge < -0.3 is 5.32 Å². The van der Waals surface area contributed by atoms with Gasteiger partial charge in [0.25, 0.3) is 0 Å². The van der Waals surface area contributed by atoms with E-state index < -0.39 is 0 Å². The lowest BCUT2D eigenvalue weighted by Gasteiger charge is -2.13. The minimum atomic E-state index is -0.0825. The van der Waals surface area contributed by atoms with Gasteiger partial charge in [0.15, 0.2) is 0 Å². The van der Waals surface area contributed by atoms with E-state index in [0.29, 0.717) is 0 Å². The molecule has 0 aliphatic rings. The van der Waals surface area contributed by atoms with Gasteiger partial charge in [-0.05, 0) is 42.1 Å². The fourth-order valence-corrected chi connectivity index (χ4v) is 2.70. The van der Waals surface area contributed by atoms with Crippen LogP contribution in [0.15, 0.2) is 52.3 Å². The van der Waals surface area contributed by atoms with Crippen LogP contribution < -0.4 is 5.32 Å². The van der Waals surface area contributed by atoms with E-state index in [1.54, 1.807) is 17.4 Å². The van der Waals surface area contributed by atoms with Crippen LogP contribution in [0.4, 0.5) is 0 Å². The fourth-order valence-electron chi connectivity index (χ4n) is 1.66. The molecule has 2 aromatic rings. The Morgan fingerprint density at radius 1 is 1.37 bits per heavy atom. The van der Waals surface area contributed by atoms with Gasteiger partial charge >= 0.3 is 0 Å². The number of hydrogen-bond donors (Lipinski definition) is 1. The lowest BCUT2D eigenvalue weighted by Crippen LogP contribution is -2.24. The number of hydrogen-bond acceptors (Lipinski definition) is 2. The predicted molar refractivity (Wildman–Crippen MR) is 84.1 cm³/mol. The van der Waals surface area contributed by atoms with E-state index in [-0.39, 0.29) is 11.9 Å². The third-order valence-corrected chi connectivity index (χ3v) is 3.98. The molecule has 19 heavy (non-hydrogen) atoms. The van der Waals surface area contributed by atoms with Crippen LogP contribution in [0.1, 0.15) is 23.4 Å². The zero-order valence-electron chi connectivity index (χ0n) is 10.5. The molecule has 1 heterocycles. The Morgan fingerprint density at radius 3 is 2.89 bits per heavy atom. The van der Waals surface area contributed by atoms with Crippen molar-refractivity contribution in [3.05, 3.63) is 62.8 Å². The van der Waals surface area contributed by atoms with Crippen LogP contribution in [-0.2, 0) is 4.79 Å². The van der Waals surface area contributed by atoms with Crippen molar-refractivity contribution < 1.29 is 4.79 Å². The molecule has 1 N–H and O–H groups in total. The summed E-state index contributed by atoms with van der Waals surface area (Å²) in [7, 11) is 0. The first-order valence-electron chi connectivity index (χ1n) is 5.93. The molecular weight excluding hydrogens is 322 g/mol. The molecule has 0 aliphatic carbocycles. The number of nitrogens with one attached hydrogen (secondary N) is 1. The number of carbonyl (C=O) groups is 1. The number of halogens is 1. The summed E-state index contributed by atoms with van der Waals surface area (Å²) in [4.78, 5) is 12.9. The summed E-state index contributed by atoms with van der Waals surface area (Å²) in [6.07, 6.45) is 3.40. The van der Waals surface area contributed by atoms with Gasteiger partial charge in [0, 0.05) is 15.4 Å². The summed E-state index contributed by atoms with van der Waals surface area (Å²) in [5, 5.41) is 4.93. The van der Waals surface area contributed by atoms with Crippen molar-refractivity contribution in [3.63, 3.8) is 0 Å². The zero-order valence-corrected chi connectivity index (χ0v) is 12.9. The number of amides is 1. The molecule has 0 bridgehead atoms. The van der Waals surface area contributed by atoms with Crippen LogP contribution in [0.2, 0.25) is 0 Å². The molecule has 1 amide bonds. The van der Waals surface area contributed by atoms with E-state index in [1.165, 1.54) is 0 Å². The van der Waals surface area contributed by atoms with Crippen molar-refractivity contribution in [2.45, 2.75) is 13.0 Å². The normalized spacial score (nSPS) is 12.5. The Balaban J connectivity index is 1.95. The molecule has 2 nitrogen and oxygen atoms in total. The summed E-state index contributed by atoms with van der Waals surface area (Å²) in [5.41, 5.74) is 1.08. The first kappa shape index (κ1) is 14.0.